The molecule has 0 bridgehead atoms. The molecular weight excluding hydrogens is 326 g/mol. The summed E-state index contributed by atoms with van der Waals surface area (Å²) < 4.78 is 1.85. The summed E-state index contributed by atoms with van der Waals surface area (Å²) in [5.41, 5.74) is 5.13. The maximum atomic E-state index is 12.9. The number of amides is 1. The third-order valence-corrected chi connectivity index (χ3v) is 5.56. The van der Waals surface area contributed by atoms with Gasteiger partial charge in [0.2, 0.25) is 5.91 Å². The molecule has 136 valence electrons. The first kappa shape index (κ1) is 16.8. The van der Waals surface area contributed by atoms with Crippen LogP contribution >= 0.6 is 0 Å². The third-order valence-electron chi connectivity index (χ3n) is 5.56. The van der Waals surface area contributed by atoms with Gasteiger partial charge in [-0.15, -0.1) is 0 Å². The van der Waals surface area contributed by atoms with Crippen molar-refractivity contribution < 1.29 is 4.79 Å². The van der Waals surface area contributed by atoms with Crippen LogP contribution < -0.4 is 0 Å². The highest BCUT2D eigenvalue weighted by atomic mass is 16.2. The van der Waals surface area contributed by atoms with E-state index in [2.05, 4.69) is 10.1 Å². The number of benzene rings is 1. The van der Waals surface area contributed by atoms with Crippen LogP contribution in [0.15, 0.2) is 24.3 Å². The first-order valence-corrected chi connectivity index (χ1v) is 9.24. The normalized spacial score (nSPS) is 17.8. The van der Waals surface area contributed by atoms with E-state index in [4.69, 9.17) is 4.98 Å². The summed E-state index contributed by atoms with van der Waals surface area (Å²) in [6, 6.07) is 8.09. The van der Waals surface area contributed by atoms with Gasteiger partial charge in [-0.3, -0.25) is 9.48 Å². The molecule has 0 spiro atoms. The van der Waals surface area contributed by atoms with Gasteiger partial charge in [0.05, 0.1) is 23.1 Å². The van der Waals surface area contributed by atoms with E-state index >= 15 is 0 Å². The lowest BCUT2D eigenvalue weighted by Gasteiger charge is -2.32. The van der Waals surface area contributed by atoms with E-state index in [0.29, 0.717) is 6.42 Å². The number of nitrogens with zero attached hydrogens (tertiary/aromatic N) is 4. The standard InChI is InChI=1S/C20H25N5O/c1-13-16(14(2)24(3)23-13)11-19(26)25-10-6-7-15(12-25)20-21-17-8-4-5-9-18(17)22-20/h4-5,8-9,15H,6-7,10-12H2,1-3H3,(H,21,22). The lowest BCUT2D eigenvalue weighted by Crippen LogP contribution is -2.40. The fourth-order valence-electron chi connectivity index (χ4n) is 3.93. The molecule has 1 aliphatic rings. The lowest BCUT2D eigenvalue weighted by atomic mass is 9.96. The molecule has 1 aromatic carbocycles. The van der Waals surface area contributed by atoms with Gasteiger partial charge in [-0.05, 0) is 38.8 Å². The van der Waals surface area contributed by atoms with Gasteiger partial charge >= 0.3 is 0 Å². The van der Waals surface area contributed by atoms with E-state index in [0.717, 1.165) is 59.7 Å². The second kappa shape index (κ2) is 6.59. The molecule has 1 saturated heterocycles. The Kier molecular flexibility index (Phi) is 4.26. The van der Waals surface area contributed by atoms with E-state index in [1.54, 1.807) is 0 Å². The quantitative estimate of drug-likeness (QED) is 0.789. The van der Waals surface area contributed by atoms with Crippen molar-refractivity contribution in [2.24, 2.45) is 7.05 Å². The number of fused-ring (bicyclic) bond motifs is 1. The van der Waals surface area contributed by atoms with Crippen molar-refractivity contribution in [3.63, 3.8) is 0 Å². The number of piperidine rings is 1. The van der Waals surface area contributed by atoms with Crippen LogP contribution in [-0.4, -0.2) is 43.6 Å². The van der Waals surface area contributed by atoms with Crippen LogP contribution in [0.1, 0.15) is 41.5 Å². The monoisotopic (exact) mass is 351 g/mol. The second-order valence-corrected chi connectivity index (χ2v) is 7.27. The number of H-pyrrole nitrogens is 1. The van der Waals surface area contributed by atoms with Crippen molar-refractivity contribution in [2.75, 3.05) is 13.1 Å². The first-order valence-electron chi connectivity index (χ1n) is 9.24. The van der Waals surface area contributed by atoms with Gasteiger partial charge < -0.3 is 9.88 Å². The zero-order valence-corrected chi connectivity index (χ0v) is 15.6. The van der Waals surface area contributed by atoms with Gasteiger partial charge in [-0.25, -0.2) is 4.98 Å². The maximum Gasteiger partial charge on any atom is 0.227 e. The minimum Gasteiger partial charge on any atom is -0.342 e. The molecule has 1 unspecified atom stereocenters. The Morgan fingerprint density at radius 2 is 2.12 bits per heavy atom. The largest absolute Gasteiger partial charge is 0.342 e. The number of hydrogen-bond acceptors (Lipinski definition) is 3. The molecule has 6 nitrogen and oxygen atoms in total. The molecule has 1 aliphatic heterocycles. The van der Waals surface area contributed by atoms with Crippen molar-refractivity contribution in [2.45, 2.75) is 39.0 Å². The van der Waals surface area contributed by atoms with Crippen molar-refractivity contribution in [1.29, 1.82) is 0 Å². The fourth-order valence-corrected chi connectivity index (χ4v) is 3.93. The summed E-state index contributed by atoms with van der Waals surface area (Å²) in [6.07, 6.45) is 2.51. The highest BCUT2D eigenvalue weighted by Crippen LogP contribution is 2.27. The summed E-state index contributed by atoms with van der Waals surface area (Å²) in [7, 11) is 1.93. The lowest BCUT2D eigenvalue weighted by molar-refractivity contribution is -0.131. The second-order valence-electron chi connectivity index (χ2n) is 7.27. The molecule has 26 heavy (non-hydrogen) atoms. The highest BCUT2D eigenvalue weighted by molar-refractivity contribution is 5.79. The van der Waals surface area contributed by atoms with Crippen molar-refractivity contribution in [3.8, 4) is 0 Å². The van der Waals surface area contributed by atoms with Gasteiger partial charge in [0, 0.05) is 37.3 Å². The Balaban J connectivity index is 1.50. The molecule has 6 heteroatoms. The van der Waals surface area contributed by atoms with Crippen LogP contribution in [0.2, 0.25) is 0 Å². The molecule has 1 N–H and O–H groups in total. The Labute approximate surface area is 153 Å². The molecule has 2 aromatic heterocycles. The summed E-state index contributed by atoms with van der Waals surface area (Å²) in [4.78, 5) is 23.1. The van der Waals surface area contributed by atoms with E-state index in [1.807, 2.05) is 54.7 Å². The predicted molar refractivity (Wildman–Crippen MR) is 101 cm³/mol. The molecule has 0 aliphatic carbocycles. The third kappa shape index (κ3) is 3.00. The van der Waals surface area contributed by atoms with E-state index in [1.165, 1.54) is 0 Å². The van der Waals surface area contributed by atoms with Crippen molar-refractivity contribution >= 4 is 16.9 Å². The van der Waals surface area contributed by atoms with Gasteiger partial charge in [0.25, 0.3) is 0 Å². The topological polar surface area (TPSA) is 66.8 Å². The van der Waals surface area contributed by atoms with Crippen LogP contribution in [0.5, 0.6) is 0 Å². The van der Waals surface area contributed by atoms with E-state index in [9.17, 15) is 4.79 Å². The number of carbonyl (C=O) groups is 1. The molecular formula is C20H25N5O. The van der Waals surface area contributed by atoms with Crippen molar-refractivity contribution in [1.82, 2.24) is 24.6 Å². The van der Waals surface area contributed by atoms with Crippen LogP contribution in [-0.2, 0) is 18.3 Å². The Bertz CT molecular complexity index is 921. The number of carbonyl (C=O) groups excluding carboxylic acids is 1. The summed E-state index contributed by atoms with van der Waals surface area (Å²) in [5.74, 6) is 1.46. The van der Waals surface area contributed by atoms with E-state index < -0.39 is 0 Å². The Hall–Kier alpha value is -2.63. The molecule has 3 heterocycles. The Morgan fingerprint density at radius 1 is 1.31 bits per heavy atom. The number of likely N-dealkylation sites (tertiary alicyclic amines) is 1. The molecule has 1 amide bonds. The number of aromatic amines is 1. The number of para-hydroxylation sites is 2. The van der Waals surface area contributed by atoms with Gasteiger partial charge in [-0.1, -0.05) is 12.1 Å². The number of hydrogen-bond donors (Lipinski definition) is 1. The van der Waals surface area contributed by atoms with Gasteiger partial charge in [0.1, 0.15) is 5.82 Å². The highest BCUT2D eigenvalue weighted by Gasteiger charge is 2.27. The Morgan fingerprint density at radius 3 is 2.85 bits per heavy atom. The van der Waals surface area contributed by atoms with Gasteiger partial charge in [0.15, 0.2) is 0 Å². The molecule has 1 fully saturated rings. The zero-order chi connectivity index (χ0) is 18.3. The van der Waals surface area contributed by atoms with Crippen molar-refractivity contribution in [3.05, 3.63) is 47.0 Å². The number of imidazole rings is 1. The van der Waals surface area contributed by atoms with Crippen LogP contribution in [0.25, 0.3) is 11.0 Å². The van der Waals surface area contributed by atoms with Crippen LogP contribution in [0, 0.1) is 13.8 Å². The number of aryl methyl sites for hydroxylation is 2. The summed E-state index contributed by atoms with van der Waals surface area (Å²) in [5, 5.41) is 4.43. The van der Waals surface area contributed by atoms with E-state index in [-0.39, 0.29) is 11.8 Å². The first-order chi connectivity index (χ1) is 12.5. The number of rotatable bonds is 3. The summed E-state index contributed by atoms with van der Waals surface area (Å²) >= 11 is 0. The fraction of sp³-hybridized carbons (Fsp3) is 0.450. The van der Waals surface area contributed by atoms with Gasteiger partial charge in [-0.2, -0.15) is 5.10 Å². The number of nitrogens with one attached hydrogen (secondary N) is 1. The predicted octanol–water partition coefficient (Wildman–Crippen LogP) is 2.86. The average Bonchev–Trinajstić information content (AvgIpc) is 3.18. The molecule has 3 aromatic rings. The molecule has 0 radical (unpaired) electrons. The zero-order valence-electron chi connectivity index (χ0n) is 15.6. The van der Waals surface area contributed by atoms with Crippen LogP contribution in [0.3, 0.4) is 0 Å². The minimum atomic E-state index is 0.185. The summed E-state index contributed by atoms with van der Waals surface area (Å²) in [6.45, 7) is 5.56. The molecule has 1 atom stereocenters. The smallest absolute Gasteiger partial charge is 0.227 e. The molecule has 0 saturated carbocycles. The molecule has 4 rings (SSSR count). The maximum absolute atomic E-state index is 12.9. The average molecular weight is 351 g/mol. The minimum absolute atomic E-state index is 0.185. The SMILES string of the molecule is Cc1nn(C)c(C)c1CC(=O)N1CCCC(c2nc3ccccc3[nH]2)C1. The number of aromatic nitrogens is 4. The van der Waals surface area contributed by atoms with Crippen LogP contribution in [0.4, 0.5) is 0 Å².